The van der Waals surface area contributed by atoms with Gasteiger partial charge in [0.25, 0.3) is 5.91 Å². The average Bonchev–Trinajstić information content (AvgIpc) is 2.99. The number of halogens is 4. The normalized spacial score (nSPS) is 12.3. The predicted octanol–water partition coefficient (Wildman–Crippen LogP) is 4.35. The lowest BCUT2D eigenvalue weighted by atomic mass is 10.3. The van der Waals surface area contributed by atoms with E-state index in [0.29, 0.717) is 10.7 Å². The van der Waals surface area contributed by atoms with Crippen molar-refractivity contribution in [2.75, 3.05) is 5.32 Å². The largest absolute Gasteiger partial charge is 0.459 e. The maximum Gasteiger partial charge on any atom is 0.288 e. The first-order valence-electron chi connectivity index (χ1n) is 6.50. The molecule has 0 spiro atoms. The lowest BCUT2D eigenvalue weighted by molar-refractivity contribution is 0.0906. The van der Waals surface area contributed by atoms with Crippen LogP contribution in [0.15, 0.2) is 47.1 Å². The van der Waals surface area contributed by atoms with Crippen molar-refractivity contribution in [2.45, 2.75) is 9.96 Å². The van der Waals surface area contributed by atoms with Gasteiger partial charge in [-0.25, -0.2) is 0 Å². The van der Waals surface area contributed by atoms with Crippen LogP contribution in [0.4, 0.5) is 5.69 Å². The molecule has 0 radical (unpaired) electrons. The van der Waals surface area contributed by atoms with Crippen molar-refractivity contribution in [1.29, 1.82) is 0 Å². The van der Waals surface area contributed by atoms with Crippen molar-refractivity contribution in [2.24, 2.45) is 0 Å². The number of amides is 1. The van der Waals surface area contributed by atoms with Gasteiger partial charge in [-0.05, 0) is 42.5 Å². The molecule has 10 heteroatoms. The van der Waals surface area contributed by atoms with Gasteiger partial charge in [0, 0.05) is 10.7 Å². The Balaban J connectivity index is 2.03. The molecule has 0 aliphatic carbocycles. The molecule has 2 aromatic rings. The molecule has 0 aliphatic heterocycles. The summed E-state index contributed by atoms with van der Waals surface area (Å²) in [5.41, 5.74) is 0.639. The first-order valence-corrected chi connectivity index (χ1v) is 8.42. The smallest absolute Gasteiger partial charge is 0.288 e. The van der Waals surface area contributed by atoms with Crippen LogP contribution in [0.3, 0.4) is 0 Å². The van der Waals surface area contributed by atoms with Gasteiger partial charge in [0.15, 0.2) is 10.9 Å². The highest BCUT2D eigenvalue weighted by Gasteiger charge is 2.35. The Hall–Kier alpha value is -1.18. The number of hydrogen-bond acceptors (Lipinski definition) is 3. The van der Waals surface area contributed by atoms with Gasteiger partial charge in [0.05, 0.1) is 6.26 Å². The topological polar surface area (TPSA) is 66.3 Å². The molecule has 1 aromatic carbocycles. The molecule has 0 fully saturated rings. The van der Waals surface area contributed by atoms with Crippen LogP contribution in [-0.2, 0) is 0 Å². The number of hydrogen-bond donors (Lipinski definition) is 3. The molecule has 128 valence electrons. The highest BCUT2D eigenvalue weighted by atomic mass is 35.6. The average molecular weight is 427 g/mol. The first kappa shape index (κ1) is 19.1. The van der Waals surface area contributed by atoms with Crippen LogP contribution in [0.1, 0.15) is 10.6 Å². The number of carbonyl (C=O) groups excluding carboxylic acids is 1. The van der Waals surface area contributed by atoms with Crippen LogP contribution in [0.5, 0.6) is 0 Å². The number of carbonyl (C=O) groups is 1. The Bertz CT molecular complexity index is 719. The predicted molar refractivity (Wildman–Crippen MR) is 101 cm³/mol. The zero-order chi connectivity index (χ0) is 17.7. The minimum Gasteiger partial charge on any atom is -0.459 e. The van der Waals surface area contributed by atoms with Crippen molar-refractivity contribution in [1.82, 2.24) is 10.6 Å². The van der Waals surface area contributed by atoms with E-state index in [1.165, 1.54) is 12.3 Å². The van der Waals surface area contributed by atoms with E-state index in [4.69, 9.17) is 63.0 Å². The number of anilines is 1. The zero-order valence-electron chi connectivity index (χ0n) is 11.9. The third-order valence-electron chi connectivity index (χ3n) is 2.71. The van der Waals surface area contributed by atoms with Crippen molar-refractivity contribution in [3.63, 3.8) is 0 Å². The van der Waals surface area contributed by atoms with Crippen LogP contribution in [0.2, 0.25) is 5.02 Å². The number of rotatable bonds is 4. The molecule has 0 saturated heterocycles. The fraction of sp³-hybridized carbons (Fsp3) is 0.143. The van der Waals surface area contributed by atoms with Gasteiger partial charge in [-0.2, -0.15) is 0 Å². The van der Waals surface area contributed by atoms with Gasteiger partial charge in [-0.1, -0.05) is 52.5 Å². The monoisotopic (exact) mass is 425 g/mol. The quantitative estimate of drug-likeness (QED) is 0.385. The van der Waals surface area contributed by atoms with E-state index in [2.05, 4.69) is 16.0 Å². The lowest BCUT2D eigenvalue weighted by Gasteiger charge is -2.27. The summed E-state index contributed by atoms with van der Waals surface area (Å²) in [7, 11) is 0. The highest BCUT2D eigenvalue weighted by molar-refractivity contribution is 7.80. The maximum atomic E-state index is 12.0. The Kier molecular flexibility index (Phi) is 6.60. The van der Waals surface area contributed by atoms with Crippen molar-refractivity contribution in [3.05, 3.63) is 53.4 Å². The molecule has 0 aliphatic rings. The summed E-state index contributed by atoms with van der Waals surface area (Å²) in [6.45, 7) is 0. The molecule has 1 heterocycles. The van der Waals surface area contributed by atoms with E-state index in [-0.39, 0.29) is 10.9 Å². The van der Waals surface area contributed by atoms with Gasteiger partial charge in [0.2, 0.25) is 3.79 Å². The third-order valence-corrected chi connectivity index (χ3v) is 3.82. The second-order valence-corrected chi connectivity index (χ2v) is 7.75. The molecular weight excluding hydrogens is 416 g/mol. The molecule has 5 nitrogen and oxygen atoms in total. The van der Waals surface area contributed by atoms with E-state index >= 15 is 0 Å². The van der Waals surface area contributed by atoms with E-state index < -0.39 is 15.9 Å². The Morgan fingerprint density at radius 1 is 1.17 bits per heavy atom. The second kappa shape index (κ2) is 8.27. The van der Waals surface area contributed by atoms with Crippen LogP contribution >= 0.6 is 58.6 Å². The van der Waals surface area contributed by atoms with Crippen molar-refractivity contribution >= 4 is 75.3 Å². The molecule has 1 atom stereocenters. The van der Waals surface area contributed by atoms with Gasteiger partial charge >= 0.3 is 0 Å². The Morgan fingerprint density at radius 2 is 1.92 bits per heavy atom. The van der Waals surface area contributed by atoms with Gasteiger partial charge < -0.3 is 20.4 Å². The summed E-state index contributed by atoms with van der Waals surface area (Å²) in [5.74, 6) is -0.487. The fourth-order valence-electron chi connectivity index (χ4n) is 1.67. The summed E-state index contributed by atoms with van der Waals surface area (Å²) in [4.78, 5) is 12.0. The molecule has 1 amide bonds. The first-order chi connectivity index (χ1) is 11.3. The number of alkyl halides is 3. The fourth-order valence-corrected chi connectivity index (χ4v) is 2.43. The number of benzene rings is 1. The lowest BCUT2D eigenvalue weighted by Crippen LogP contribution is -2.56. The number of nitrogens with one attached hydrogen (secondary N) is 3. The van der Waals surface area contributed by atoms with Crippen LogP contribution in [-0.4, -0.2) is 21.0 Å². The summed E-state index contributed by atoms with van der Waals surface area (Å²) < 4.78 is 3.13. The highest BCUT2D eigenvalue weighted by Crippen LogP contribution is 2.29. The van der Waals surface area contributed by atoms with Crippen LogP contribution in [0, 0.1) is 0 Å². The van der Waals surface area contributed by atoms with Crippen LogP contribution in [0.25, 0.3) is 0 Å². The second-order valence-electron chi connectivity index (χ2n) is 4.53. The molecule has 0 bridgehead atoms. The summed E-state index contributed by atoms with van der Waals surface area (Å²) in [6.07, 6.45) is 0.261. The Labute approximate surface area is 163 Å². The van der Waals surface area contributed by atoms with Crippen LogP contribution < -0.4 is 16.0 Å². The Morgan fingerprint density at radius 3 is 2.50 bits per heavy atom. The van der Waals surface area contributed by atoms with Crippen molar-refractivity contribution < 1.29 is 9.21 Å². The number of furan rings is 1. The van der Waals surface area contributed by atoms with Gasteiger partial charge in [-0.15, -0.1) is 0 Å². The molecule has 1 unspecified atom stereocenters. The summed E-state index contributed by atoms with van der Waals surface area (Å²) in [5, 5.41) is 8.77. The molecule has 0 saturated carbocycles. The molecular formula is C14H11Cl4N3O2S. The molecule has 1 aromatic heterocycles. The molecule has 24 heavy (non-hydrogen) atoms. The van der Waals surface area contributed by atoms with Gasteiger partial charge in [-0.3, -0.25) is 4.79 Å². The van der Waals surface area contributed by atoms with E-state index in [1.54, 1.807) is 30.3 Å². The van der Waals surface area contributed by atoms with E-state index in [0.717, 1.165) is 0 Å². The minimum atomic E-state index is -1.86. The molecule has 2 rings (SSSR count). The molecule has 3 N–H and O–H groups in total. The van der Waals surface area contributed by atoms with Gasteiger partial charge in [0.1, 0.15) is 6.17 Å². The zero-order valence-corrected chi connectivity index (χ0v) is 15.7. The SMILES string of the molecule is O=C(NC(NC(=S)Nc1cccc(Cl)c1)C(Cl)(Cl)Cl)c1ccco1. The minimum absolute atomic E-state index is 0.0739. The summed E-state index contributed by atoms with van der Waals surface area (Å²) in [6, 6.07) is 9.94. The van der Waals surface area contributed by atoms with E-state index in [1.807, 2.05) is 0 Å². The summed E-state index contributed by atoms with van der Waals surface area (Å²) >= 11 is 28.7. The standard InChI is InChI=1S/C14H11Cl4N3O2S/c15-8-3-1-4-9(7-8)19-13(24)21-12(14(16,17)18)20-11(22)10-5-2-6-23-10/h1-7,12H,(H,20,22)(H2,19,21,24). The van der Waals surface area contributed by atoms with E-state index in [9.17, 15) is 4.79 Å². The maximum absolute atomic E-state index is 12.0. The number of thiocarbonyl (C=S) groups is 1. The third kappa shape index (κ3) is 5.72. The van der Waals surface area contributed by atoms with Crippen molar-refractivity contribution in [3.8, 4) is 0 Å².